The number of Topliss-reactive ketones (excluding diaryl/α,β-unsaturated/α-hetero) is 1. The summed E-state index contributed by atoms with van der Waals surface area (Å²) in [5, 5.41) is 7.98. The maximum Gasteiger partial charge on any atom is 0.146 e. The summed E-state index contributed by atoms with van der Waals surface area (Å²) in [6.45, 7) is 10.3. The maximum atomic E-state index is 15.0. The molecule has 0 aromatic heterocycles. The molecular weight excluding hydrogens is 576 g/mol. The zero-order valence-corrected chi connectivity index (χ0v) is 27.1. The van der Waals surface area contributed by atoms with Crippen molar-refractivity contribution < 1.29 is 23.7 Å². The highest BCUT2D eigenvalue weighted by molar-refractivity contribution is 5.89. The summed E-state index contributed by atoms with van der Waals surface area (Å²) in [6, 6.07) is 31.7. The van der Waals surface area contributed by atoms with Crippen molar-refractivity contribution in [2.75, 3.05) is 26.4 Å². The average Bonchev–Trinajstić information content (AvgIpc) is 3.07. The maximum absolute atomic E-state index is 15.0. The number of hydrogen-bond donors (Lipinski definition) is 2. The van der Waals surface area contributed by atoms with Gasteiger partial charge >= 0.3 is 0 Å². The van der Waals surface area contributed by atoms with Crippen molar-refractivity contribution in [3.63, 3.8) is 0 Å². The molecule has 2 aliphatic heterocycles. The van der Waals surface area contributed by atoms with Crippen LogP contribution in [0, 0.1) is 11.8 Å². The van der Waals surface area contributed by atoms with E-state index >= 15 is 4.79 Å². The lowest BCUT2D eigenvalue weighted by atomic mass is 9.64. The van der Waals surface area contributed by atoms with Crippen molar-refractivity contribution >= 4 is 5.78 Å². The van der Waals surface area contributed by atoms with Gasteiger partial charge in [0.2, 0.25) is 0 Å². The molecule has 0 radical (unpaired) electrons. The van der Waals surface area contributed by atoms with Gasteiger partial charge in [-0.3, -0.25) is 4.79 Å². The fraction of sp³-hybridized carbons (Fsp3) is 0.359. The lowest BCUT2D eigenvalue weighted by molar-refractivity contribution is -0.139. The standard InChI is InChI=1S/C39H44N2O5/c1-5-43-29-17-9-25(10-18-29)35-33-36(26-11-19-30(20-12-26)44-6-2)41-38(28-15-23-32(24-16-28)46-8-4)34(39(33)42)37(40-35)27-13-21-31(22-14-27)45-7-3/h9-24,33-38,40-41H,5-8H2,1-4H3/t33?,34?,35-,36+,37-,38+. The zero-order chi connectivity index (χ0) is 32.0. The molecule has 46 heavy (non-hydrogen) atoms. The molecule has 4 aromatic carbocycles. The monoisotopic (exact) mass is 620 g/mol. The smallest absolute Gasteiger partial charge is 0.146 e. The van der Waals surface area contributed by atoms with Crippen LogP contribution in [0.15, 0.2) is 97.1 Å². The van der Waals surface area contributed by atoms with Crippen molar-refractivity contribution in [3.05, 3.63) is 119 Å². The van der Waals surface area contributed by atoms with Crippen molar-refractivity contribution in [2.24, 2.45) is 11.8 Å². The first-order valence-corrected chi connectivity index (χ1v) is 16.5. The summed E-state index contributed by atoms with van der Waals surface area (Å²) in [5.41, 5.74) is 4.20. The molecule has 240 valence electrons. The zero-order valence-electron chi connectivity index (χ0n) is 27.1. The highest BCUT2D eigenvalue weighted by Crippen LogP contribution is 2.52. The number of hydrogen-bond acceptors (Lipinski definition) is 7. The third-order valence-electron chi connectivity index (χ3n) is 9.01. The Hall–Kier alpha value is -4.33. The summed E-state index contributed by atoms with van der Waals surface area (Å²) in [6.07, 6.45) is 0. The molecule has 2 unspecified atom stereocenters. The predicted molar refractivity (Wildman–Crippen MR) is 180 cm³/mol. The third kappa shape index (κ3) is 6.48. The minimum atomic E-state index is -0.348. The van der Waals surface area contributed by atoms with Gasteiger partial charge in [0.25, 0.3) is 0 Å². The number of carbonyl (C=O) groups excluding carboxylic acids is 1. The van der Waals surface area contributed by atoms with Gasteiger partial charge in [0.05, 0.1) is 38.3 Å². The largest absolute Gasteiger partial charge is 0.494 e. The van der Waals surface area contributed by atoms with E-state index in [1.54, 1.807) is 0 Å². The fourth-order valence-electron chi connectivity index (χ4n) is 7.03. The quantitative estimate of drug-likeness (QED) is 0.169. The number of benzene rings is 4. The molecule has 2 heterocycles. The van der Waals surface area contributed by atoms with E-state index in [9.17, 15) is 0 Å². The summed E-state index contributed by atoms with van der Waals surface area (Å²) in [7, 11) is 0. The molecule has 2 saturated heterocycles. The van der Waals surface area contributed by atoms with E-state index in [4.69, 9.17) is 18.9 Å². The number of nitrogens with one attached hydrogen (secondary N) is 2. The lowest BCUT2D eigenvalue weighted by Crippen LogP contribution is -2.60. The first-order valence-electron chi connectivity index (χ1n) is 16.5. The van der Waals surface area contributed by atoms with E-state index in [1.165, 1.54) is 0 Å². The van der Waals surface area contributed by atoms with Crippen LogP contribution in [0.1, 0.15) is 74.1 Å². The van der Waals surface area contributed by atoms with Gasteiger partial charge in [-0.1, -0.05) is 48.5 Å². The minimum Gasteiger partial charge on any atom is -0.494 e. The van der Waals surface area contributed by atoms with Crippen molar-refractivity contribution in [2.45, 2.75) is 51.9 Å². The van der Waals surface area contributed by atoms with Gasteiger partial charge in [0, 0.05) is 24.2 Å². The first-order chi connectivity index (χ1) is 22.5. The Labute approximate surface area is 272 Å². The molecule has 6 atom stereocenters. The van der Waals surface area contributed by atoms with Crippen LogP contribution in [0.5, 0.6) is 23.0 Å². The van der Waals surface area contributed by atoms with E-state index < -0.39 is 0 Å². The molecule has 2 aliphatic rings. The van der Waals surface area contributed by atoms with E-state index in [0.717, 1.165) is 45.3 Å². The topological polar surface area (TPSA) is 78.1 Å². The van der Waals surface area contributed by atoms with Gasteiger partial charge < -0.3 is 29.6 Å². The molecule has 2 N–H and O–H groups in total. The van der Waals surface area contributed by atoms with Crippen LogP contribution in [-0.4, -0.2) is 32.2 Å². The van der Waals surface area contributed by atoms with E-state index in [0.29, 0.717) is 26.4 Å². The van der Waals surface area contributed by atoms with Crippen molar-refractivity contribution in [1.82, 2.24) is 10.6 Å². The van der Waals surface area contributed by atoms with E-state index in [1.807, 2.05) is 76.2 Å². The number of ether oxygens (including phenoxy) is 4. The van der Waals surface area contributed by atoms with Crippen LogP contribution in [-0.2, 0) is 4.79 Å². The van der Waals surface area contributed by atoms with Gasteiger partial charge in [-0.15, -0.1) is 0 Å². The van der Waals surface area contributed by atoms with E-state index in [2.05, 4.69) is 59.2 Å². The molecule has 0 aliphatic carbocycles. The second-order valence-corrected chi connectivity index (χ2v) is 11.7. The lowest BCUT2D eigenvalue weighted by Gasteiger charge is -2.52. The van der Waals surface area contributed by atoms with Crippen LogP contribution < -0.4 is 29.6 Å². The number of rotatable bonds is 12. The first kappa shape index (κ1) is 31.6. The molecule has 6 rings (SSSR count). The summed E-state index contributed by atoms with van der Waals surface area (Å²) in [5.74, 6) is 2.81. The Bertz CT molecular complexity index is 1340. The Morgan fingerprint density at radius 1 is 0.413 bits per heavy atom. The number of ketones is 1. The minimum absolute atomic E-state index is 0.235. The molecule has 0 spiro atoms. The Morgan fingerprint density at radius 3 is 0.826 bits per heavy atom. The van der Waals surface area contributed by atoms with E-state index in [-0.39, 0.29) is 41.8 Å². The predicted octanol–water partition coefficient (Wildman–Crippen LogP) is 7.55. The average molecular weight is 621 g/mol. The Balaban J connectivity index is 1.45. The van der Waals surface area contributed by atoms with Crippen LogP contribution >= 0.6 is 0 Å². The molecule has 0 saturated carbocycles. The van der Waals surface area contributed by atoms with Crippen LogP contribution in [0.3, 0.4) is 0 Å². The summed E-state index contributed by atoms with van der Waals surface area (Å²) < 4.78 is 23.0. The second-order valence-electron chi connectivity index (χ2n) is 11.7. The molecule has 2 fully saturated rings. The molecule has 2 bridgehead atoms. The normalized spacial score (nSPS) is 23.9. The van der Waals surface area contributed by atoms with Gasteiger partial charge in [0.1, 0.15) is 28.8 Å². The van der Waals surface area contributed by atoms with Gasteiger partial charge in [0.15, 0.2) is 0 Å². The van der Waals surface area contributed by atoms with Crippen LogP contribution in [0.25, 0.3) is 0 Å². The SMILES string of the molecule is CCOc1ccc([C@H]2N[C@H](c3ccc(OCC)cc3)C3C(=O)C2[C@H](c2ccc(OCC)cc2)N[C@H]3c2ccc(OCC)cc2)cc1. The van der Waals surface area contributed by atoms with Gasteiger partial charge in [-0.25, -0.2) is 0 Å². The fourth-order valence-corrected chi connectivity index (χ4v) is 7.03. The molecule has 7 nitrogen and oxygen atoms in total. The highest BCUT2D eigenvalue weighted by atomic mass is 16.5. The van der Waals surface area contributed by atoms with Gasteiger partial charge in [-0.2, -0.15) is 0 Å². The van der Waals surface area contributed by atoms with Crippen LogP contribution in [0.4, 0.5) is 0 Å². The molecular formula is C39H44N2O5. The highest BCUT2D eigenvalue weighted by Gasteiger charge is 2.55. The number of carbonyl (C=O) groups is 1. The molecule has 4 aromatic rings. The number of fused-ring (bicyclic) bond motifs is 2. The Kier molecular flexibility index (Phi) is 9.91. The number of piperidine rings is 2. The summed E-state index contributed by atoms with van der Waals surface area (Å²) in [4.78, 5) is 15.0. The van der Waals surface area contributed by atoms with Crippen molar-refractivity contribution in [1.29, 1.82) is 0 Å². The molecule has 7 heteroatoms. The second kappa shape index (κ2) is 14.4. The Morgan fingerprint density at radius 2 is 0.630 bits per heavy atom. The van der Waals surface area contributed by atoms with Crippen LogP contribution in [0.2, 0.25) is 0 Å². The molecule has 0 amide bonds. The third-order valence-corrected chi connectivity index (χ3v) is 9.01. The van der Waals surface area contributed by atoms with Gasteiger partial charge in [-0.05, 0) is 98.5 Å². The summed E-state index contributed by atoms with van der Waals surface area (Å²) >= 11 is 0. The van der Waals surface area contributed by atoms with Crippen molar-refractivity contribution in [3.8, 4) is 23.0 Å².